The molecule has 0 fully saturated rings. The van der Waals surface area contributed by atoms with E-state index in [1.165, 1.54) is 12.5 Å². The zero-order valence-electron chi connectivity index (χ0n) is 14.2. The normalized spacial score (nSPS) is 11.6. The average molecular weight is 406 g/mol. The van der Waals surface area contributed by atoms with Crippen molar-refractivity contribution in [3.8, 4) is 11.5 Å². The Morgan fingerprint density at radius 1 is 1.17 bits per heavy atom. The average Bonchev–Trinajstić information content (AvgIpc) is 3.36. The fraction of sp³-hybridized carbons (Fsp3) is 0.125. The third kappa shape index (κ3) is 3.97. The van der Waals surface area contributed by atoms with Gasteiger partial charge in [-0.2, -0.15) is 18.2 Å². The van der Waals surface area contributed by atoms with Gasteiger partial charge in [0.15, 0.2) is 5.82 Å². The van der Waals surface area contributed by atoms with Crippen molar-refractivity contribution in [1.82, 2.24) is 25.1 Å². The van der Waals surface area contributed by atoms with Gasteiger partial charge in [-0.05, 0) is 6.07 Å². The molecule has 0 spiro atoms. The number of alkyl halides is 3. The Morgan fingerprint density at radius 2 is 2.03 bits per heavy atom. The van der Waals surface area contributed by atoms with Crippen molar-refractivity contribution >= 4 is 22.9 Å². The standard InChI is InChI=1S/C16H9F3N6O4/c17-16(18,19)14-24-13(25-29-14)10-5-22-11(6-21-10)23-15(26)28-7-9-4-20-3-8-1-2-27-12(8)9/h1-6H,7H2,(H,22,23,26). The molecular weight excluding hydrogens is 397 g/mol. The number of rotatable bonds is 4. The van der Waals surface area contributed by atoms with Crippen LogP contribution in [0.4, 0.5) is 23.8 Å². The van der Waals surface area contributed by atoms with Gasteiger partial charge in [0.05, 0.1) is 24.2 Å². The molecule has 0 atom stereocenters. The molecule has 0 aliphatic rings. The van der Waals surface area contributed by atoms with Crippen molar-refractivity contribution in [3.63, 3.8) is 0 Å². The van der Waals surface area contributed by atoms with Gasteiger partial charge in [-0.1, -0.05) is 5.16 Å². The summed E-state index contributed by atoms with van der Waals surface area (Å²) in [7, 11) is 0. The Hall–Kier alpha value is -4.03. The van der Waals surface area contributed by atoms with Crippen LogP contribution in [0.5, 0.6) is 0 Å². The largest absolute Gasteiger partial charge is 0.471 e. The Morgan fingerprint density at radius 3 is 2.76 bits per heavy atom. The lowest BCUT2D eigenvalue weighted by Crippen LogP contribution is -2.14. The number of pyridine rings is 1. The van der Waals surface area contributed by atoms with Gasteiger partial charge in [0.25, 0.3) is 0 Å². The smallest absolute Gasteiger partial charge is 0.464 e. The molecule has 0 aliphatic carbocycles. The zero-order valence-corrected chi connectivity index (χ0v) is 14.2. The first-order valence-corrected chi connectivity index (χ1v) is 7.87. The van der Waals surface area contributed by atoms with E-state index in [1.807, 2.05) is 0 Å². The highest BCUT2D eigenvalue weighted by molar-refractivity contribution is 5.83. The van der Waals surface area contributed by atoms with Gasteiger partial charge in [0.2, 0.25) is 5.82 Å². The second-order valence-corrected chi connectivity index (χ2v) is 5.55. The summed E-state index contributed by atoms with van der Waals surface area (Å²) in [5.41, 5.74) is 1.05. The Kier molecular flexibility index (Phi) is 4.54. The molecule has 0 radical (unpaired) electrons. The van der Waals surface area contributed by atoms with Crippen LogP contribution >= 0.6 is 0 Å². The van der Waals surface area contributed by atoms with Crippen molar-refractivity contribution in [2.24, 2.45) is 0 Å². The van der Waals surface area contributed by atoms with Gasteiger partial charge in [0.1, 0.15) is 17.9 Å². The van der Waals surface area contributed by atoms with Gasteiger partial charge >= 0.3 is 18.2 Å². The first-order valence-electron chi connectivity index (χ1n) is 7.87. The van der Waals surface area contributed by atoms with Gasteiger partial charge in [-0.25, -0.2) is 14.8 Å². The van der Waals surface area contributed by atoms with Gasteiger partial charge < -0.3 is 13.7 Å². The molecule has 13 heteroatoms. The van der Waals surface area contributed by atoms with Crippen LogP contribution < -0.4 is 5.32 Å². The maximum Gasteiger partial charge on any atom is 0.471 e. The summed E-state index contributed by atoms with van der Waals surface area (Å²) in [5.74, 6) is -1.88. The molecule has 0 aromatic carbocycles. The van der Waals surface area contributed by atoms with Crippen LogP contribution in [0.2, 0.25) is 0 Å². The monoisotopic (exact) mass is 406 g/mol. The summed E-state index contributed by atoms with van der Waals surface area (Å²) in [6.45, 7) is -0.0989. The SMILES string of the molecule is O=C(Nc1cnc(-c2noc(C(F)(F)F)n2)cn1)OCc1cncc2ccoc12. The highest BCUT2D eigenvalue weighted by atomic mass is 19.4. The van der Waals surface area contributed by atoms with E-state index in [-0.39, 0.29) is 18.1 Å². The number of ether oxygens (including phenoxy) is 1. The predicted octanol–water partition coefficient (Wildman–Crippen LogP) is 3.44. The second-order valence-electron chi connectivity index (χ2n) is 5.55. The molecule has 4 heterocycles. The van der Waals surface area contributed by atoms with E-state index in [0.29, 0.717) is 11.1 Å². The maximum absolute atomic E-state index is 12.5. The lowest BCUT2D eigenvalue weighted by Gasteiger charge is -2.06. The predicted molar refractivity (Wildman–Crippen MR) is 88.1 cm³/mol. The summed E-state index contributed by atoms with van der Waals surface area (Å²) in [5, 5.41) is 6.29. The first-order chi connectivity index (χ1) is 13.9. The molecule has 0 saturated carbocycles. The van der Waals surface area contributed by atoms with Crippen molar-refractivity contribution in [2.45, 2.75) is 12.8 Å². The van der Waals surface area contributed by atoms with Crippen LogP contribution in [-0.4, -0.2) is 31.2 Å². The van der Waals surface area contributed by atoms with E-state index >= 15 is 0 Å². The highest BCUT2D eigenvalue weighted by Gasteiger charge is 2.38. The van der Waals surface area contributed by atoms with Crippen LogP contribution in [0, 0.1) is 0 Å². The third-order valence-corrected chi connectivity index (χ3v) is 3.57. The summed E-state index contributed by atoms with van der Waals surface area (Å²) in [4.78, 5) is 26.8. The summed E-state index contributed by atoms with van der Waals surface area (Å²) < 4.78 is 52.0. The molecule has 4 aromatic rings. The summed E-state index contributed by atoms with van der Waals surface area (Å²) >= 11 is 0. The van der Waals surface area contributed by atoms with Crippen molar-refractivity contribution in [2.75, 3.05) is 5.32 Å². The highest BCUT2D eigenvalue weighted by Crippen LogP contribution is 2.28. The summed E-state index contributed by atoms with van der Waals surface area (Å²) in [6.07, 6.45) is 1.21. The molecule has 29 heavy (non-hydrogen) atoms. The lowest BCUT2D eigenvalue weighted by atomic mass is 10.2. The van der Waals surface area contributed by atoms with Crippen LogP contribution in [0.25, 0.3) is 22.5 Å². The minimum Gasteiger partial charge on any atom is -0.464 e. The van der Waals surface area contributed by atoms with Crippen LogP contribution in [0.1, 0.15) is 11.5 Å². The molecule has 10 nitrogen and oxygen atoms in total. The van der Waals surface area contributed by atoms with E-state index in [1.54, 1.807) is 12.3 Å². The number of carbonyl (C=O) groups is 1. The van der Waals surface area contributed by atoms with Gasteiger partial charge in [-0.3, -0.25) is 10.3 Å². The number of carbonyl (C=O) groups excluding carboxylic acids is 1. The Labute approximate surface area is 158 Å². The fourth-order valence-corrected chi connectivity index (χ4v) is 2.29. The number of nitrogens with one attached hydrogen (secondary N) is 1. The number of hydrogen-bond acceptors (Lipinski definition) is 9. The number of hydrogen-bond donors (Lipinski definition) is 1. The van der Waals surface area contributed by atoms with Crippen molar-refractivity contribution in [1.29, 1.82) is 0 Å². The summed E-state index contributed by atoms with van der Waals surface area (Å²) in [6, 6.07) is 1.73. The molecule has 148 valence electrons. The minimum atomic E-state index is -4.76. The number of furan rings is 1. The molecule has 1 N–H and O–H groups in total. The fourth-order valence-electron chi connectivity index (χ4n) is 2.29. The van der Waals surface area contributed by atoms with E-state index in [4.69, 9.17) is 9.15 Å². The minimum absolute atomic E-state index is 0.00706. The van der Waals surface area contributed by atoms with Gasteiger partial charge in [-0.15, -0.1) is 0 Å². The molecule has 1 amide bonds. The van der Waals surface area contributed by atoms with E-state index in [0.717, 1.165) is 17.8 Å². The maximum atomic E-state index is 12.5. The zero-order chi connectivity index (χ0) is 20.4. The number of halogens is 3. The van der Waals surface area contributed by atoms with E-state index < -0.39 is 24.0 Å². The number of anilines is 1. The molecule has 0 unspecified atom stereocenters. The lowest BCUT2D eigenvalue weighted by molar-refractivity contribution is -0.159. The molecule has 4 aromatic heterocycles. The van der Waals surface area contributed by atoms with Gasteiger partial charge in [0, 0.05) is 17.8 Å². The number of nitrogens with zero attached hydrogens (tertiary/aromatic N) is 5. The third-order valence-electron chi connectivity index (χ3n) is 3.57. The second kappa shape index (κ2) is 7.18. The van der Waals surface area contributed by atoms with Crippen LogP contribution in [0.3, 0.4) is 0 Å². The number of aromatic nitrogens is 5. The Bertz CT molecular complexity index is 1160. The molecule has 4 rings (SSSR count). The molecule has 0 aliphatic heterocycles. The molecule has 0 bridgehead atoms. The molecular formula is C16H9F3N6O4. The molecule has 0 saturated heterocycles. The van der Waals surface area contributed by atoms with E-state index in [9.17, 15) is 18.0 Å². The quantitative estimate of drug-likeness (QED) is 0.542. The Balaban J connectivity index is 1.38. The topological polar surface area (TPSA) is 129 Å². The number of fused-ring (bicyclic) bond motifs is 1. The number of amides is 1. The first kappa shape index (κ1) is 18.3. The van der Waals surface area contributed by atoms with Crippen molar-refractivity contribution in [3.05, 3.63) is 48.6 Å². The van der Waals surface area contributed by atoms with E-state index in [2.05, 4.69) is 34.9 Å². The van der Waals surface area contributed by atoms with Crippen LogP contribution in [0.15, 0.2) is 46.1 Å². The van der Waals surface area contributed by atoms with Crippen LogP contribution in [-0.2, 0) is 17.5 Å². The van der Waals surface area contributed by atoms with Crippen molar-refractivity contribution < 1.29 is 31.6 Å².